The highest BCUT2D eigenvalue weighted by atomic mass is 19.1. The predicted molar refractivity (Wildman–Crippen MR) is 104 cm³/mol. The molecule has 0 aliphatic carbocycles. The van der Waals surface area contributed by atoms with Crippen molar-refractivity contribution in [1.29, 1.82) is 0 Å². The first-order valence-electron chi connectivity index (χ1n) is 8.81. The average Bonchev–Trinajstić information content (AvgIpc) is 2.68. The average molecular weight is 364 g/mol. The topological polar surface area (TPSA) is 58.2 Å². The molecular formula is C22H21FN2O2. The van der Waals surface area contributed by atoms with Gasteiger partial charge in [-0.2, -0.15) is 0 Å². The van der Waals surface area contributed by atoms with Gasteiger partial charge in [0.05, 0.1) is 0 Å². The summed E-state index contributed by atoms with van der Waals surface area (Å²) in [5, 5.41) is 7.54. The molecule has 27 heavy (non-hydrogen) atoms. The van der Waals surface area contributed by atoms with E-state index in [0.29, 0.717) is 16.7 Å². The molecule has 0 aliphatic heterocycles. The molecule has 0 fully saturated rings. The van der Waals surface area contributed by atoms with Gasteiger partial charge in [-0.3, -0.25) is 9.59 Å². The molecule has 3 aromatic rings. The molecule has 3 aromatic carbocycles. The first-order valence-corrected chi connectivity index (χ1v) is 8.81. The number of carbonyl (C=O) groups excluding carboxylic acids is 2. The second-order valence-corrected chi connectivity index (χ2v) is 6.43. The van der Waals surface area contributed by atoms with Crippen LogP contribution in [-0.2, 0) is 11.3 Å². The first-order chi connectivity index (χ1) is 13.0. The maximum atomic E-state index is 13.5. The van der Waals surface area contributed by atoms with Crippen LogP contribution in [0.3, 0.4) is 0 Å². The summed E-state index contributed by atoms with van der Waals surface area (Å²) in [6.45, 7) is 2.18. The Kier molecular flexibility index (Phi) is 5.81. The largest absolute Gasteiger partial charge is 0.352 e. The fraction of sp³-hybridized carbons (Fsp3) is 0.182. The monoisotopic (exact) mass is 364 g/mol. The van der Waals surface area contributed by atoms with Crippen LogP contribution in [-0.4, -0.2) is 18.4 Å². The number of hydrogen-bond acceptors (Lipinski definition) is 2. The van der Waals surface area contributed by atoms with Gasteiger partial charge >= 0.3 is 0 Å². The second-order valence-electron chi connectivity index (χ2n) is 6.43. The van der Waals surface area contributed by atoms with Gasteiger partial charge in [-0.1, -0.05) is 42.5 Å². The van der Waals surface area contributed by atoms with Gasteiger partial charge in [-0.25, -0.2) is 4.39 Å². The highest BCUT2D eigenvalue weighted by Gasteiger charge is 2.08. The molecule has 2 amide bonds. The van der Waals surface area contributed by atoms with Crippen molar-refractivity contribution in [2.75, 3.05) is 6.54 Å². The van der Waals surface area contributed by atoms with E-state index in [1.807, 2.05) is 36.4 Å². The summed E-state index contributed by atoms with van der Waals surface area (Å²) in [6, 6.07) is 18.2. The van der Waals surface area contributed by atoms with Crippen molar-refractivity contribution in [2.45, 2.75) is 19.9 Å². The number of aryl methyl sites for hydroxylation is 1. The Balaban J connectivity index is 1.46. The van der Waals surface area contributed by atoms with Crippen molar-refractivity contribution in [1.82, 2.24) is 10.6 Å². The zero-order valence-electron chi connectivity index (χ0n) is 15.1. The van der Waals surface area contributed by atoms with E-state index in [4.69, 9.17) is 0 Å². The van der Waals surface area contributed by atoms with Crippen LogP contribution in [0.4, 0.5) is 4.39 Å². The van der Waals surface area contributed by atoms with Crippen LogP contribution in [0.15, 0.2) is 60.7 Å². The molecular weight excluding hydrogens is 343 g/mol. The Morgan fingerprint density at radius 3 is 2.48 bits per heavy atom. The summed E-state index contributed by atoms with van der Waals surface area (Å²) in [5.41, 5.74) is 1.83. The number of hydrogen-bond donors (Lipinski definition) is 2. The highest BCUT2D eigenvalue weighted by Crippen LogP contribution is 2.15. The van der Waals surface area contributed by atoms with E-state index in [1.165, 1.54) is 6.07 Å². The van der Waals surface area contributed by atoms with E-state index in [9.17, 15) is 14.0 Å². The van der Waals surface area contributed by atoms with Crippen molar-refractivity contribution >= 4 is 22.6 Å². The Hall–Kier alpha value is -3.21. The van der Waals surface area contributed by atoms with Gasteiger partial charge in [0.15, 0.2) is 0 Å². The SMILES string of the molecule is Cc1ccc(CNC(=O)CCNC(=O)c2ccc3ccccc3c2)cc1F. The van der Waals surface area contributed by atoms with Crippen molar-refractivity contribution in [3.63, 3.8) is 0 Å². The zero-order valence-corrected chi connectivity index (χ0v) is 15.1. The van der Waals surface area contributed by atoms with Gasteiger partial charge in [0, 0.05) is 25.1 Å². The van der Waals surface area contributed by atoms with Crippen molar-refractivity contribution in [3.8, 4) is 0 Å². The molecule has 0 radical (unpaired) electrons. The number of amides is 2. The number of nitrogens with one attached hydrogen (secondary N) is 2. The predicted octanol–water partition coefficient (Wildman–Crippen LogP) is 3.72. The summed E-state index contributed by atoms with van der Waals surface area (Å²) in [5.74, 6) is -0.701. The fourth-order valence-electron chi connectivity index (χ4n) is 2.76. The molecule has 0 atom stereocenters. The smallest absolute Gasteiger partial charge is 0.251 e. The molecule has 2 N–H and O–H groups in total. The summed E-state index contributed by atoms with van der Waals surface area (Å²) in [7, 11) is 0. The van der Waals surface area contributed by atoms with E-state index in [1.54, 1.807) is 25.1 Å². The van der Waals surface area contributed by atoms with Gasteiger partial charge in [0.1, 0.15) is 5.82 Å². The van der Waals surface area contributed by atoms with Crippen LogP contribution in [0.2, 0.25) is 0 Å². The number of benzene rings is 3. The third-order valence-electron chi connectivity index (χ3n) is 4.38. The maximum Gasteiger partial charge on any atom is 0.251 e. The third-order valence-corrected chi connectivity index (χ3v) is 4.38. The molecule has 3 rings (SSSR count). The second kappa shape index (κ2) is 8.45. The van der Waals surface area contributed by atoms with E-state index >= 15 is 0 Å². The van der Waals surface area contributed by atoms with E-state index in [-0.39, 0.29) is 37.1 Å². The Bertz CT molecular complexity index is 985. The lowest BCUT2D eigenvalue weighted by Crippen LogP contribution is -2.30. The Morgan fingerprint density at radius 2 is 1.70 bits per heavy atom. The van der Waals surface area contributed by atoms with E-state index in [2.05, 4.69) is 10.6 Å². The van der Waals surface area contributed by atoms with Crippen LogP contribution in [0, 0.1) is 12.7 Å². The lowest BCUT2D eigenvalue weighted by molar-refractivity contribution is -0.121. The zero-order chi connectivity index (χ0) is 19.2. The first kappa shape index (κ1) is 18.6. The minimum Gasteiger partial charge on any atom is -0.352 e. The number of halogens is 1. The van der Waals surface area contributed by atoms with Gasteiger partial charge < -0.3 is 10.6 Å². The number of carbonyl (C=O) groups is 2. The van der Waals surface area contributed by atoms with E-state index in [0.717, 1.165) is 10.8 Å². The quantitative estimate of drug-likeness (QED) is 0.700. The van der Waals surface area contributed by atoms with Gasteiger partial charge in [-0.05, 0) is 47.0 Å². The summed E-state index contributed by atoms with van der Waals surface area (Å²) >= 11 is 0. The molecule has 0 spiro atoms. The minimum absolute atomic E-state index is 0.160. The third kappa shape index (κ3) is 4.91. The molecule has 138 valence electrons. The highest BCUT2D eigenvalue weighted by molar-refractivity contribution is 5.98. The minimum atomic E-state index is -0.288. The normalized spacial score (nSPS) is 10.6. The molecule has 0 aliphatic rings. The Labute approximate surface area is 157 Å². The van der Waals surface area contributed by atoms with Crippen LogP contribution in [0.1, 0.15) is 27.9 Å². The van der Waals surface area contributed by atoms with Crippen LogP contribution in [0.5, 0.6) is 0 Å². The lowest BCUT2D eigenvalue weighted by Gasteiger charge is -2.08. The van der Waals surface area contributed by atoms with Gasteiger partial charge in [0.2, 0.25) is 5.91 Å². The van der Waals surface area contributed by atoms with Crippen molar-refractivity contribution < 1.29 is 14.0 Å². The number of rotatable bonds is 6. The summed E-state index contributed by atoms with van der Waals surface area (Å²) in [6.07, 6.45) is 0.160. The number of fused-ring (bicyclic) bond motifs is 1. The van der Waals surface area contributed by atoms with Crippen molar-refractivity contribution in [3.05, 3.63) is 83.2 Å². The molecule has 0 aromatic heterocycles. The summed E-state index contributed by atoms with van der Waals surface area (Å²) in [4.78, 5) is 24.1. The van der Waals surface area contributed by atoms with Crippen molar-refractivity contribution in [2.24, 2.45) is 0 Å². The molecule has 0 bridgehead atoms. The lowest BCUT2D eigenvalue weighted by atomic mass is 10.1. The molecule has 5 heteroatoms. The molecule has 0 heterocycles. The maximum absolute atomic E-state index is 13.5. The molecule has 0 unspecified atom stereocenters. The van der Waals surface area contributed by atoms with Gasteiger partial charge in [0.25, 0.3) is 5.91 Å². The van der Waals surface area contributed by atoms with Crippen LogP contribution >= 0.6 is 0 Å². The molecule has 0 saturated carbocycles. The van der Waals surface area contributed by atoms with Gasteiger partial charge in [-0.15, -0.1) is 0 Å². The Morgan fingerprint density at radius 1 is 0.926 bits per heavy atom. The standard InChI is InChI=1S/C22H21FN2O2/c1-15-6-7-16(12-20(15)23)14-25-21(26)10-11-24-22(27)19-9-8-17-4-2-3-5-18(17)13-19/h2-9,12-13H,10-11,14H2,1H3,(H,24,27)(H,25,26). The molecule has 4 nitrogen and oxygen atoms in total. The fourth-order valence-corrected chi connectivity index (χ4v) is 2.76. The van der Waals surface area contributed by atoms with Crippen LogP contribution in [0.25, 0.3) is 10.8 Å². The van der Waals surface area contributed by atoms with Crippen LogP contribution < -0.4 is 10.6 Å². The van der Waals surface area contributed by atoms with E-state index < -0.39 is 0 Å². The molecule has 0 saturated heterocycles. The summed E-state index contributed by atoms with van der Waals surface area (Å²) < 4.78 is 13.5.